The molecule has 0 heterocycles. The van der Waals surface area contributed by atoms with Gasteiger partial charge >= 0.3 is 17.9 Å². The predicted molar refractivity (Wildman–Crippen MR) is 265 cm³/mol. The molecule has 0 fully saturated rings. The van der Waals surface area contributed by atoms with E-state index in [2.05, 4.69) is 69.4 Å². The van der Waals surface area contributed by atoms with Crippen LogP contribution in [0.1, 0.15) is 271 Å². The third-order valence-electron chi connectivity index (χ3n) is 11.6. The standard InChI is InChI=1S/C56H100O6/c1-4-7-10-13-15-17-19-21-23-25-27-28-29-31-32-34-36-38-40-43-46-49-55(58)61-52-53(51-60-54(57)48-45-42-12-9-6-3)62-56(59)50-47-44-41-39-37-35-33-30-26-24-22-20-18-16-14-11-8-5-2/h7,10,15,17,21,23,27-28,53H,4-6,8-9,11-14,16,18-20,22,24-26,29-52H2,1-3H3/b10-7-,17-15-,23-21-,28-27-. The van der Waals surface area contributed by atoms with E-state index in [1.807, 2.05) is 0 Å². The lowest BCUT2D eigenvalue weighted by molar-refractivity contribution is -0.167. The van der Waals surface area contributed by atoms with Crippen LogP contribution in [-0.2, 0) is 28.6 Å². The lowest BCUT2D eigenvalue weighted by Crippen LogP contribution is -2.30. The Bertz CT molecular complexity index is 1090. The first-order valence-corrected chi connectivity index (χ1v) is 26.6. The summed E-state index contributed by atoms with van der Waals surface area (Å²) in [6.07, 6.45) is 61.4. The summed E-state index contributed by atoms with van der Waals surface area (Å²) in [4.78, 5) is 37.7. The van der Waals surface area contributed by atoms with Gasteiger partial charge in [0.1, 0.15) is 13.2 Å². The molecule has 0 aromatic heterocycles. The Labute approximate surface area is 384 Å². The number of ether oxygens (including phenoxy) is 3. The van der Waals surface area contributed by atoms with Crippen LogP contribution in [-0.4, -0.2) is 37.2 Å². The van der Waals surface area contributed by atoms with E-state index in [9.17, 15) is 14.4 Å². The molecule has 6 nitrogen and oxygen atoms in total. The molecule has 0 aromatic carbocycles. The minimum Gasteiger partial charge on any atom is -0.462 e. The van der Waals surface area contributed by atoms with Crippen LogP contribution in [0.5, 0.6) is 0 Å². The number of rotatable bonds is 48. The van der Waals surface area contributed by atoms with Crippen molar-refractivity contribution in [3.05, 3.63) is 48.6 Å². The van der Waals surface area contributed by atoms with E-state index in [0.29, 0.717) is 19.3 Å². The highest BCUT2D eigenvalue weighted by Gasteiger charge is 2.19. The molecule has 0 bridgehead atoms. The van der Waals surface area contributed by atoms with Crippen LogP contribution >= 0.6 is 0 Å². The zero-order valence-electron chi connectivity index (χ0n) is 41.1. The molecular weight excluding hydrogens is 769 g/mol. The molecule has 0 aliphatic rings. The van der Waals surface area contributed by atoms with Crippen molar-refractivity contribution in [3.8, 4) is 0 Å². The van der Waals surface area contributed by atoms with Crippen molar-refractivity contribution in [1.29, 1.82) is 0 Å². The molecule has 360 valence electrons. The normalized spacial score (nSPS) is 12.4. The summed E-state index contributed by atoms with van der Waals surface area (Å²) < 4.78 is 16.7. The maximum absolute atomic E-state index is 12.7. The number of esters is 3. The molecular formula is C56H100O6. The Hall–Kier alpha value is -2.63. The zero-order chi connectivity index (χ0) is 45.1. The van der Waals surface area contributed by atoms with Gasteiger partial charge in [-0.2, -0.15) is 0 Å². The Morgan fingerprint density at radius 3 is 0.984 bits per heavy atom. The molecule has 0 rings (SSSR count). The van der Waals surface area contributed by atoms with Crippen LogP contribution in [0, 0.1) is 0 Å². The SMILES string of the molecule is CC/C=C\C/C=C\C/C=C\C/C=C\CCCCCCCCCCC(=O)OCC(COC(=O)CCCCCCC)OC(=O)CCCCCCCCCCCCCCCCCCCC. The van der Waals surface area contributed by atoms with Crippen LogP contribution in [0.3, 0.4) is 0 Å². The summed E-state index contributed by atoms with van der Waals surface area (Å²) in [5.74, 6) is -0.885. The first-order chi connectivity index (χ1) is 30.5. The van der Waals surface area contributed by atoms with Crippen molar-refractivity contribution in [2.24, 2.45) is 0 Å². The molecule has 0 N–H and O–H groups in total. The first-order valence-electron chi connectivity index (χ1n) is 26.6. The lowest BCUT2D eigenvalue weighted by atomic mass is 10.0. The number of allylic oxidation sites excluding steroid dienone is 8. The van der Waals surface area contributed by atoms with E-state index in [0.717, 1.165) is 96.3 Å². The van der Waals surface area contributed by atoms with Crippen LogP contribution in [0.15, 0.2) is 48.6 Å². The van der Waals surface area contributed by atoms with E-state index >= 15 is 0 Å². The third-order valence-corrected chi connectivity index (χ3v) is 11.6. The van der Waals surface area contributed by atoms with Crippen LogP contribution in [0.2, 0.25) is 0 Å². The van der Waals surface area contributed by atoms with Gasteiger partial charge in [0, 0.05) is 19.3 Å². The Morgan fingerprint density at radius 1 is 0.339 bits per heavy atom. The van der Waals surface area contributed by atoms with E-state index in [-0.39, 0.29) is 31.1 Å². The fourth-order valence-electron chi connectivity index (χ4n) is 7.61. The van der Waals surface area contributed by atoms with Crippen molar-refractivity contribution in [3.63, 3.8) is 0 Å². The zero-order valence-corrected chi connectivity index (χ0v) is 41.1. The third kappa shape index (κ3) is 48.4. The second-order valence-corrected chi connectivity index (χ2v) is 17.8. The Balaban J connectivity index is 4.13. The van der Waals surface area contributed by atoms with E-state index < -0.39 is 6.10 Å². The smallest absolute Gasteiger partial charge is 0.306 e. The van der Waals surface area contributed by atoms with Gasteiger partial charge in [-0.05, 0) is 57.8 Å². The lowest BCUT2D eigenvalue weighted by Gasteiger charge is -2.18. The van der Waals surface area contributed by atoms with Gasteiger partial charge in [-0.15, -0.1) is 0 Å². The molecule has 6 heteroatoms. The average Bonchev–Trinajstić information content (AvgIpc) is 3.27. The van der Waals surface area contributed by atoms with Gasteiger partial charge in [0.2, 0.25) is 0 Å². The summed E-state index contributed by atoms with van der Waals surface area (Å²) in [6, 6.07) is 0. The molecule has 0 spiro atoms. The molecule has 1 atom stereocenters. The summed E-state index contributed by atoms with van der Waals surface area (Å²) in [5.41, 5.74) is 0. The van der Waals surface area contributed by atoms with Crippen molar-refractivity contribution in [2.45, 2.75) is 277 Å². The Morgan fingerprint density at radius 2 is 0.629 bits per heavy atom. The van der Waals surface area contributed by atoms with E-state index in [1.54, 1.807) is 0 Å². The number of unbranched alkanes of at least 4 members (excludes halogenated alkanes) is 29. The minimum atomic E-state index is -0.769. The van der Waals surface area contributed by atoms with Gasteiger partial charge in [-0.3, -0.25) is 14.4 Å². The van der Waals surface area contributed by atoms with Gasteiger partial charge in [0.15, 0.2) is 6.10 Å². The summed E-state index contributed by atoms with van der Waals surface area (Å²) >= 11 is 0. The van der Waals surface area contributed by atoms with Crippen LogP contribution < -0.4 is 0 Å². The van der Waals surface area contributed by atoms with Gasteiger partial charge < -0.3 is 14.2 Å². The second-order valence-electron chi connectivity index (χ2n) is 17.8. The molecule has 62 heavy (non-hydrogen) atoms. The topological polar surface area (TPSA) is 78.9 Å². The van der Waals surface area contributed by atoms with E-state index in [1.165, 1.54) is 135 Å². The summed E-state index contributed by atoms with van der Waals surface area (Å²) in [7, 11) is 0. The predicted octanol–water partition coefficient (Wildman–Crippen LogP) is 17.5. The van der Waals surface area contributed by atoms with Crippen LogP contribution in [0.4, 0.5) is 0 Å². The molecule has 0 saturated heterocycles. The highest BCUT2D eigenvalue weighted by atomic mass is 16.6. The van der Waals surface area contributed by atoms with E-state index in [4.69, 9.17) is 14.2 Å². The monoisotopic (exact) mass is 869 g/mol. The van der Waals surface area contributed by atoms with Gasteiger partial charge in [-0.25, -0.2) is 0 Å². The van der Waals surface area contributed by atoms with Gasteiger partial charge in [0.05, 0.1) is 0 Å². The van der Waals surface area contributed by atoms with Gasteiger partial charge in [0.25, 0.3) is 0 Å². The average molecular weight is 869 g/mol. The second kappa shape index (κ2) is 51.0. The molecule has 0 radical (unpaired) electrons. The molecule has 0 aromatic rings. The molecule has 1 unspecified atom stereocenters. The number of hydrogen-bond acceptors (Lipinski definition) is 6. The number of carbonyl (C=O) groups excluding carboxylic acids is 3. The van der Waals surface area contributed by atoms with Crippen LogP contribution in [0.25, 0.3) is 0 Å². The highest BCUT2D eigenvalue weighted by Crippen LogP contribution is 2.16. The van der Waals surface area contributed by atoms with Gasteiger partial charge in [-0.1, -0.05) is 243 Å². The summed E-state index contributed by atoms with van der Waals surface area (Å²) in [6.45, 7) is 6.46. The van der Waals surface area contributed by atoms with Crippen molar-refractivity contribution in [1.82, 2.24) is 0 Å². The fraction of sp³-hybridized carbons (Fsp3) is 0.804. The fourth-order valence-corrected chi connectivity index (χ4v) is 7.61. The maximum atomic E-state index is 12.7. The number of carbonyl (C=O) groups is 3. The first kappa shape index (κ1) is 59.4. The minimum absolute atomic E-state index is 0.0740. The molecule has 0 saturated carbocycles. The van der Waals surface area contributed by atoms with Crippen molar-refractivity contribution < 1.29 is 28.6 Å². The quantitative estimate of drug-likeness (QED) is 0.0262. The number of hydrogen-bond donors (Lipinski definition) is 0. The highest BCUT2D eigenvalue weighted by molar-refractivity contribution is 5.71. The maximum Gasteiger partial charge on any atom is 0.306 e. The largest absolute Gasteiger partial charge is 0.462 e. The molecule has 0 amide bonds. The van der Waals surface area contributed by atoms with Crippen molar-refractivity contribution >= 4 is 17.9 Å². The molecule has 0 aliphatic carbocycles. The van der Waals surface area contributed by atoms with Crippen molar-refractivity contribution in [2.75, 3.05) is 13.2 Å². The summed E-state index contributed by atoms with van der Waals surface area (Å²) in [5, 5.41) is 0. The molecule has 0 aliphatic heterocycles. The Kier molecular flexibility index (Phi) is 48.8.